The van der Waals surface area contributed by atoms with Gasteiger partial charge >= 0.3 is 0 Å². The molecular formula is C22H32N6O2S. The second-order valence-corrected chi connectivity index (χ2v) is 8.87. The Kier molecular flexibility index (Phi) is 9.96. The van der Waals surface area contributed by atoms with Crippen molar-refractivity contribution in [3.63, 3.8) is 0 Å². The largest absolute Gasteiger partial charge is 0.399 e. The number of hydrogen-bond acceptors (Lipinski definition) is 5. The molecule has 31 heavy (non-hydrogen) atoms. The molecule has 168 valence electrons. The maximum Gasteiger partial charge on any atom is 0.243 e. The minimum absolute atomic E-state index is 0.0548. The number of sulfonamides is 1. The average Bonchev–Trinajstić information content (AvgIpc) is 3.17. The van der Waals surface area contributed by atoms with Crippen LogP contribution in [-0.2, 0) is 23.6 Å². The van der Waals surface area contributed by atoms with Crippen LogP contribution in [0.3, 0.4) is 0 Å². The van der Waals surface area contributed by atoms with Crippen LogP contribution in [0.2, 0.25) is 0 Å². The minimum Gasteiger partial charge on any atom is -0.399 e. The summed E-state index contributed by atoms with van der Waals surface area (Å²) in [6, 6.07) is 7.34. The summed E-state index contributed by atoms with van der Waals surface area (Å²) in [4.78, 5) is 7.51. The maximum atomic E-state index is 11.8. The van der Waals surface area contributed by atoms with Gasteiger partial charge in [-0.15, -0.1) is 0 Å². The van der Waals surface area contributed by atoms with Crippen LogP contribution >= 0.6 is 0 Å². The molecule has 0 spiro atoms. The van der Waals surface area contributed by atoms with Gasteiger partial charge in [-0.1, -0.05) is 38.7 Å². The van der Waals surface area contributed by atoms with Gasteiger partial charge in [-0.3, -0.25) is 4.72 Å². The van der Waals surface area contributed by atoms with Crippen LogP contribution in [-0.4, -0.2) is 23.0 Å². The first-order valence-corrected chi connectivity index (χ1v) is 12.0. The standard InChI is InChI=1S/C12H23N2.C10H9N4O2S/c1-3-4-5-6-7-8-9-14-11-10-13(2)12-14;11-8-2-4-9(5-3-8)17(15,16)14-10-12-6-1-7-13-10/h10-12H,3-9H2,1-2H3;1-7H,11H2/q+1;-1. The fourth-order valence-electron chi connectivity index (χ4n) is 2.85. The van der Waals surface area contributed by atoms with E-state index in [1.165, 1.54) is 81.7 Å². The molecule has 0 atom stereocenters. The van der Waals surface area contributed by atoms with Gasteiger partial charge in [0.2, 0.25) is 16.4 Å². The van der Waals surface area contributed by atoms with Crippen LogP contribution < -0.4 is 10.3 Å². The molecule has 0 aliphatic carbocycles. The Labute approximate surface area is 185 Å². The SMILES string of the molecule is CCCCCCCCn1cc[n+](C)c1.Nc1ccc(S(=O)(=O)[N-]c2ncccn2)cc1. The Hall–Kier alpha value is -2.94. The quantitative estimate of drug-likeness (QED) is 0.287. The van der Waals surface area contributed by atoms with Gasteiger partial charge in [-0.25, -0.2) is 17.6 Å². The van der Waals surface area contributed by atoms with Crippen LogP contribution in [0.4, 0.5) is 11.6 Å². The first-order valence-electron chi connectivity index (χ1n) is 10.5. The van der Waals surface area contributed by atoms with Crippen LogP contribution in [0.15, 0.2) is 66.3 Å². The summed E-state index contributed by atoms with van der Waals surface area (Å²) in [6.07, 6.45) is 17.5. The van der Waals surface area contributed by atoms with Crippen molar-refractivity contribution in [1.82, 2.24) is 14.5 Å². The van der Waals surface area contributed by atoms with Gasteiger partial charge in [0, 0.05) is 11.6 Å². The number of hydrogen-bond donors (Lipinski definition) is 1. The number of aromatic nitrogens is 4. The van der Waals surface area contributed by atoms with Gasteiger partial charge in [0.1, 0.15) is 12.4 Å². The highest BCUT2D eigenvalue weighted by Crippen LogP contribution is 2.23. The first-order chi connectivity index (χ1) is 14.9. The van der Waals surface area contributed by atoms with E-state index in [2.05, 4.69) is 56.5 Å². The number of benzene rings is 1. The number of nitrogen functional groups attached to an aromatic ring is 1. The molecule has 1 aromatic carbocycles. The third-order valence-electron chi connectivity index (χ3n) is 4.53. The smallest absolute Gasteiger partial charge is 0.243 e. The summed E-state index contributed by atoms with van der Waals surface area (Å²) in [6.45, 7) is 3.44. The molecule has 0 bridgehead atoms. The average molecular weight is 445 g/mol. The van der Waals surface area contributed by atoms with Gasteiger partial charge in [0.25, 0.3) is 0 Å². The summed E-state index contributed by atoms with van der Waals surface area (Å²) in [7, 11) is -1.72. The van der Waals surface area contributed by atoms with E-state index in [9.17, 15) is 8.42 Å². The normalized spacial score (nSPS) is 10.9. The highest BCUT2D eigenvalue weighted by molar-refractivity contribution is 7.94. The van der Waals surface area contributed by atoms with E-state index in [1.54, 1.807) is 6.07 Å². The van der Waals surface area contributed by atoms with Gasteiger partial charge in [0.15, 0.2) is 0 Å². The fourth-order valence-corrected chi connectivity index (χ4v) is 3.74. The van der Waals surface area contributed by atoms with Crippen molar-refractivity contribution in [2.45, 2.75) is 56.9 Å². The molecule has 0 aliphatic rings. The van der Waals surface area contributed by atoms with Crippen molar-refractivity contribution in [2.75, 3.05) is 5.73 Å². The zero-order valence-electron chi connectivity index (χ0n) is 18.3. The van der Waals surface area contributed by atoms with E-state index in [4.69, 9.17) is 5.73 Å². The predicted molar refractivity (Wildman–Crippen MR) is 122 cm³/mol. The highest BCUT2D eigenvalue weighted by atomic mass is 32.2. The van der Waals surface area contributed by atoms with E-state index >= 15 is 0 Å². The van der Waals surface area contributed by atoms with Crippen molar-refractivity contribution in [1.29, 1.82) is 0 Å². The third-order valence-corrected chi connectivity index (χ3v) is 5.80. The number of rotatable bonds is 10. The lowest BCUT2D eigenvalue weighted by atomic mass is 10.1. The van der Waals surface area contributed by atoms with Crippen molar-refractivity contribution < 1.29 is 13.0 Å². The molecule has 0 radical (unpaired) electrons. The molecule has 0 aliphatic heterocycles. The zero-order valence-corrected chi connectivity index (χ0v) is 19.1. The molecule has 3 rings (SSSR count). The topological polar surface area (TPSA) is 109 Å². The summed E-state index contributed by atoms with van der Waals surface area (Å²) < 4.78 is 31.5. The number of aryl methyl sites for hydroxylation is 2. The predicted octanol–water partition coefficient (Wildman–Crippen LogP) is 4.13. The van der Waals surface area contributed by atoms with Crippen molar-refractivity contribution in [3.8, 4) is 0 Å². The maximum absolute atomic E-state index is 11.8. The lowest BCUT2D eigenvalue weighted by molar-refractivity contribution is -0.671. The molecule has 2 N–H and O–H groups in total. The summed E-state index contributed by atoms with van der Waals surface area (Å²) >= 11 is 0. The molecule has 0 amide bonds. The lowest BCUT2D eigenvalue weighted by Crippen LogP contribution is -2.23. The van der Waals surface area contributed by atoms with E-state index in [1.807, 2.05) is 0 Å². The number of unbranched alkanes of at least 4 members (excludes halogenated alkanes) is 5. The van der Waals surface area contributed by atoms with E-state index < -0.39 is 10.0 Å². The van der Waals surface area contributed by atoms with Crippen LogP contribution in [0.25, 0.3) is 4.72 Å². The Morgan fingerprint density at radius 2 is 1.68 bits per heavy atom. The van der Waals surface area contributed by atoms with Gasteiger partial charge in [-0.2, -0.15) is 0 Å². The van der Waals surface area contributed by atoms with Crippen LogP contribution in [0.1, 0.15) is 45.4 Å². The van der Waals surface area contributed by atoms with Crippen LogP contribution in [0.5, 0.6) is 0 Å². The number of imidazole rings is 1. The van der Waals surface area contributed by atoms with Crippen LogP contribution in [0, 0.1) is 0 Å². The Morgan fingerprint density at radius 1 is 1.03 bits per heavy atom. The lowest BCUT2D eigenvalue weighted by Gasteiger charge is -2.11. The molecule has 2 heterocycles. The molecule has 9 heteroatoms. The summed E-state index contributed by atoms with van der Waals surface area (Å²) in [5, 5.41) is 0. The summed E-state index contributed by atoms with van der Waals surface area (Å²) in [5.41, 5.74) is 5.96. The first kappa shape index (κ1) is 24.3. The van der Waals surface area contributed by atoms with Gasteiger partial charge in [0.05, 0.1) is 18.5 Å². The molecule has 2 aromatic heterocycles. The molecule has 0 fully saturated rings. The number of anilines is 1. The third kappa shape index (κ3) is 9.17. The van der Waals surface area contributed by atoms with Crippen molar-refractivity contribution >= 4 is 21.7 Å². The molecule has 0 saturated heterocycles. The Morgan fingerprint density at radius 3 is 2.29 bits per heavy atom. The van der Waals surface area contributed by atoms with Gasteiger partial charge in [-0.05, 0) is 49.5 Å². The minimum atomic E-state index is -3.79. The number of nitrogens with two attached hydrogens (primary N) is 1. The van der Waals surface area contributed by atoms with Gasteiger partial charge < -0.3 is 15.7 Å². The zero-order chi connectivity index (χ0) is 22.5. The Balaban J connectivity index is 0.000000225. The molecule has 8 nitrogen and oxygen atoms in total. The monoisotopic (exact) mass is 444 g/mol. The molecule has 3 aromatic rings. The van der Waals surface area contributed by atoms with Crippen molar-refractivity contribution in [3.05, 3.63) is 66.2 Å². The second kappa shape index (κ2) is 12.7. The fraction of sp³-hybridized carbons (Fsp3) is 0.409. The van der Waals surface area contributed by atoms with E-state index in [0.29, 0.717) is 5.69 Å². The second-order valence-electron chi connectivity index (χ2n) is 7.27. The molecule has 0 unspecified atom stereocenters. The Bertz CT molecular complexity index is 988. The van der Waals surface area contributed by atoms with E-state index in [-0.39, 0.29) is 10.8 Å². The highest BCUT2D eigenvalue weighted by Gasteiger charge is 2.10. The summed E-state index contributed by atoms with van der Waals surface area (Å²) in [5.74, 6) is -0.0932. The molecular weight excluding hydrogens is 412 g/mol. The van der Waals surface area contributed by atoms with E-state index in [0.717, 1.165) is 0 Å². The molecule has 0 saturated carbocycles. The number of nitrogens with zero attached hydrogens (tertiary/aromatic N) is 5. The van der Waals surface area contributed by atoms with Crippen molar-refractivity contribution in [2.24, 2.45) is 7.05 Å².